The molecule has 44 heavy (non-hydrogen) atoms. The van der Waals surface area contributed by atoms with Crippen molar-refractivity contribution in [1.29, 1.82) is 0 Å². The molecule has 1 atom stereocenters. The molecule has 0 radical (unpaired) electrons. The summed E-state index contributed by atoms with van der Waals surface area (Å²) in [6, 6.07) is 15.2. The SMILES string of the molecule is CCC1CN(C(=O)c2ccc(C(F)(F)F)cc2Cl)CCN1c1ccc(-c2ccccc2C(=O)N(C)C)cc1C(=O)NCCN. The van der Waals surface area contributed by atoms with Crippen LogP contribution in [0, 0.1) is 0 Å². The Labute approximate surface area is 259 Å². The molecular formula is C32H35ClF3N5O3. The molecule has 3 amide bonds. The average Bonchev–Trinajstić information content (AvgIpc) is 3.01. The molecule has 0 bridgehead atoms. The highest BCUT2D eigenvalue weighted by molar-refractivity contribution is 6.33. The monoisotopic (exact) mass is 629 g/mol. The number of hydrogen-bond donors (Lipinski definition) is 2. The molecule has 1 saturated heterocycles. The Bertz CT molecular complexity index is 1550. The van der Waals surface area contributed by atoms with Crippen LogP contribution in [0.2, 0.25) is 5.02 Å². The van der Waals surface area contributed by atoms with Crippen LogP contribution in [-0.2, 0) is 6.18 Å². The Morgan fingerprint density at radius 3 is 2.36 bits per heavy atom. The van der Waals surface area contributed by atoms with Crippen LogP contribution in [0.25, 0.3) is 11.1 Å². The molecule has 234 valence electrons. The summed E-state index contributed by atoms with van der Waals surface area (Å²) in [5.41, 5.74) is 7.65. The second-order valence-electron chi connectivity index (χ2n) is 10.7. The molecule has 0 saturated carbocycles. The summed E-state index contributed by atoms with van der Waals surface area (Å²) in [6.07, 6.45) is -3.95. The van der Waals surface area contributed by atoms with Crippen LogP contribution in [0.4, 0.5) is 18.9 Å². The zero-order valence-corrected chi connectivity index (χ0v) is 25.5. The van der Waals surface area contributed by atoms with E-state index in [4.69, 9.17) is 17.3 Å². The normalized spacial score (nSPS) is 15.2. The average molecular weight is 630 g/mol. The summed E-state index contributed by atoms with van der Waals surface area (Å²) in [7, 11) is 3.35. The highest BCUT2D eigenvalue weighted by Gasteiger charge is 2.34. The summed E-state index contributed by atoms with van der Waals surface area (Å²) in [5.74, 6) is -0.951. The van der Waals surface area contributed by atoms with Gasteiger partial charge in [-0.1, -0.05) is 42.8 Å². The van der Waals surface area contributed by atoms with Crippen LogP contribution in [0.3, 0.4) is 0 Å². The zero-order chi connectivity index (χ0) is 32.2. The smallest absolute Gasteiger partial charge is 0.364 e. The predicted molar refractivity (Wildman–Crippen MR) is 165 cm³/mol. The maximum absolute atomic E-state index is 13.4. The fourth-order valence-corrected chi connectivity index (χ4v) is 5.58. The van der Waals surface area contributed by atoms with Crippen molar-refractivity contribution in [2.24, 2.45) is 5.73 Å². The third-order valence-corrected chi connectivity index (χ3v) is 7.94. The minimum atomic E-state index is -4.57. The Hall–Kier alpha value is -4.09. The summed E-state index contributed by atoms with van der Waals surface area (Å²) < 4.78 is 39.3. The topological polar surface area (TPSA) is 99.0 Å². The first kappa shape index (κ1) is 32.8. The number of piperazine rings is 1. The van der Waals surface area contributed by atoms with Crippen molar-refractivity contribution in [3.05, 3.63) is 87.9 Å². The van der Waals surface area contributed by atoms with Gasteiger partial charge in [0, 0.05) is 64.1 Å². The number of halogens is 4. The second kappa shape index (κ2) is 13.7. The lowest BCUT2D eigenvalue weighted by Gasteiger charge is -2.43. The van der Waals surface area contributed by atoms with Gasteiger partial charge < -0.3 is 25.8 Å². The van der Waals surface area contributed by atoms with Crippen molar-refractivity contribution < 1.29 is 27.6 Å². The van der Waals surface area contributed by atoms with Gasteiger partial charge in [-0.2, -0.15) is 13.2 Å². The van der Waals surface area contributed by atoms with Crippen molar-refractivity contribution >= 4 is 35.0 Å². The van der Waals surface area contributed by atoms with Gasteiger partial charge in [-0.25, -0.2) is 0 Å². The van der Waals surface area contributed by atoms with Crippen LogP contribution in [-0.4, -0.2) is 80.4 Å². The summed E-state index contributed by atoms with van der Waals surface area (Å²) in [5, 5.41) is 2.58. The Balaban J connectivity index is 1.66. The fourth-order valence-electron chi connectivity index (χ4n) is 5.32. The first-order valence-corrected chi connectivity index (χ1v) is 14.6. The predicted octanol–water partition coefficient (Wildman–Crippen LogP) is 5.16. The number of nitrogens with two attached hydrogens (primary N) is 1. The molecule has 12 heteroatoms. The quantitative estimate of drug-likeness (QED) is 0.359. The van der Waals surface area contributed by atoms with Gasteiger partial charge in [-0.3, -0.25) is 14.4 Å². The minimum absolute atomic E-state index is 0.000102. The molecule has 0 aromatic heterocycles. The van der Waals surface area contributed by atoms with E-state index in [1.165, 1.54) is 4.90 Å². The first-order chi connectivity index (χ1) is 20.9. The largest absolute Gasteiger partial charge is 0.416 e. The van der Waals surface area contributed by atoms with E-state index in [0.29, 0.717) is 40.9 Å². The van der Waals surface area contributed by atoms with E-state index in [0.717, 1.165) is 18.2 Å². The number of nitrogens with zero attached hydrogens (tertiary/aromatic N) is 3. The van der Waals surface area contributed by atoms with Gasteiger partial charge in [0.2, 0.25) is 0 Å². The molecular weight excluding hydrogens is 595 g/mol. The van der Waals surface area contributed by atoms with Gasteiger partial charge in [0.15, 0.2) is 0 Å². The lowest BCUT2D eigenvalue weighted by Crippen LogP contribution is -2.55. The van der Waals surface area contributed by atoms with Gasteiger partial charge in [-0.05, 0) is 53.9 Å². The maximum atomic E-state index is 13.4. The number of carbonyl (C=O) groups excluding carboxylic acids is 3. The van der Waals surface area contributed by atoms with Crippen molar-refractivity contribution in [2.75, 3.05) is 51.7 Å². The van der Waals surface area contributed by atoms with E-state index < -0.39 is 17.6 Å². The van der Waals surface area contributed by atoms with Gasteiger partial charge >= 0.3 is 6.18 Å². The molecule has 4 rings (SSSR count). The van der Waals surface area contributed by atoms with Crippen LogP contribution in [0.15, 0.2) is 60.7 Å². The summed E-state index contributed by atoms with van der Waals surface area (Å²) in [4.78, 5) is 44.8. The van der Waals surface area contributed by atoms with E-state index >= 15 is 0 Å². The van der Waals surface area contributed by atoms with Gasteiger partial charge in [0.05, 0.1) is 21.7 Å². The van der Waals surface area contributed by atoms with E-state index in [1.54, 1.807) is 37.2 Å². The number of nitrogens with one attached hydrogen (secondary N) is 1. The molecule has 1 heterocycles. The van der Waals surface area contributed by atoms with Crippen LogP contribution < -0.4 is 16.0 Å². The molecule has 3 aromatic rings. The molecule has 3 N–H and O–H groups in total. The van der Waals surface area contributed by atoms with Gasteiger partial charge in [-0.15, -0.1) is 0 Å². The van der Waals surface area contributed by atoms with Crippen molar-refractivity contribution in [2.45, 2.75) is 25.6 Å². The van der Waals surface area contributed by atoms with Crippen LogP contribution >= 0.6 is 11.6 Å². The van der Waals surface area contributed by atoms with Gasteiger partial charge in [0.1, 0.15) is 0 Å². The maximum Gasteiger partial charge on any atom is 0.416 e. The molecule has 1 aliphatic rings. The molecule has 8 nitrogen and oxygen atoms in total. The molecule has 1 fully saturated rings. The number of carbonyl (C=O) groups is 3. The Kier molecular flexibility index (Phi) is 10.2. The number of benzene rings is 3. The molecule has 0 aliphatic carbocycles. The standard InChI is InChI=1S/C32H35ClF3N5O3/c1-4-22-19-40(31(44)25-11-10-21(18-27(25)33)32(34,35)36)15-16-41(22)28-12-9-20(17-26(28)29(42)38-14-13-37)23-7-5-6-8-24(23)30(43)39(2)3/h5-12,17-18,22H,4,13-16,19,37H2,1-3H3,(H,38,42). The van der Waals surface area contributed by atoms with E-state index in [2.05, 4.69) is 10.2 Å². The van der Waals surface area contributed by atoms with Crippen molar-refractivity contribution in [3.63, 3.8) is 0 Å². The molecule has 3 aromatic carbocycles. The number of rotatable bonds is 8. The molecule has 0 spiro atoms. The Morgan fingerprint density at radius 1 is 1.00 bits per heavy atom. The van der Waals surface area contributed by atoms with Crippen molar-refractivity contribution in [3.8, 4) is 11.1 Å². The van der Waals surface area contributed by atoms with Crippen LogP contribution in [0.5, 0.6) is 0 Å². The highest BCUT2D eigenvalue weighted by Crippen LogP contribution is 2.35. The zero-order valence-electron chi connectivity index (χ0n) is 24.7. The Morgan fingerprint density at radius 2 is 1.73 bits per heavy atom. The van der Waals surface area contributed by atoms with Crippen LogP contribution in [0.1, 0.15) is 50.0 Å². The minimum Gasteiger partial charge on any atom is -0.364 e. The van der Waals surface area contributed by atoms with Crippen molar-refractivity contribution in [1.82, 2.24) is 15.1 Å². The second-order valence-corrected chi connectivity index (χ2v) is 11.1. The first-order valence-electron chi connectivity index (χ1n) is 14.2. The molecule has 1 unspecified atom stereocenters. The summed E-state index contributed by atoms with van der Waals surface area (Å²) in [6.45, 7) is 3.39. The fraction of sp³-hybridized carbons (Fsp3) is 0.344. The lowest BCUT2D eigenvalue weighted by molar-refractivity contribution is -0.137. The van der Waals surface area contributed by atoms with Gasteiger partial charge in [0.25, 0.3) is 17.7 Å². The van der Waals surface area contributed by atoms with E-state index in [9.17, 15) is 27.6 Å². The number of amides is 3. The third kappa shape index (κ3) is 7.00. The number of hydrogen-bond acceptors (Lipinski definition) is 5. The highest BCUT2D eigenvalue weighted by atomic mass is 35.5. The molecule has 1 aliphatic heterocycles. The van der Waals surface area contributed by atoms with E-state index in [1.807, 2.05) is 31.2 Å². The number of alkyl halides is 3. The third-order valence-electron chi connectivity index (χ3n) is 7.62. The lowest BCUT2D eigenvalue weighted by atomic mass is 9.95. The van der Waals surface area contributed by atoms with E-state index in [-0.39, 0.29) is 54.6 Å². The number of anilines is 1. The summed E-state index contributed by atoms with van der Waals surface area (Å²) >= 11 is 6.12.